The fraction of sp³-hybridized carbons (Fsp3) is 0.438. The highest BCUT2D eigenvalue weighted by molar-refractivity contribution is 9.10. The van der Waals surface area contributed by atoms with Crippen LogP contribution < -0.4 is 11.1 Å². The van der Waals surface area contributed by atoms with E-state index in [0.29, 0.717) is 24.6 Å². The molecule has 134 valence electrons. The van der Waals surface area contributed by atoms with Gasteiger partial charge in [-0.1, -0.05) is 13.8 Å². The molecule has 0 radical (unpaired) electrons. The van der Waals surface area contributed by atoms with E-state index in [1.807, 2.05) is 27.1 Å². The number of ether oxygens (including phenoxy) is 1. The van der Waals surface area contributed by atoms with Gasteiger partial charge < -0.3 is 15.8 Å². The van der Waals surface area contributed by atoms with E-state index in [1.165, 1.54) is 0 Å². The molecule has 9 heteroatoms. The van der Waals surface area contributed by atoms with Crippen molar-refractivity contribution in [2.75, 3.05) is 25.4 Å². The molecular formula is C16H22BrN7O. The average molecular weight is 408 g/mol. The number of halogens is 1. The minimum Gasteiger partial charge on any atom is -0.383 e. The Bertz CT molecular complexity index is 867. The lowest BCUT2D eigenvalue weighted by molar-refractivity contribution is 0.0247. The van der Waals surface area contributed by atoms with E-state index in [4.69, 9.17) is 15.5 Å². The molecule has 0 aromatic carbocycles. The number of hydrogen-bond donors (Lipinski definition) is 2. The van der Waals surface area contributed by atoms with Crippen LogP contribution in [0.25, 0.3) is 16.8 Å². The third kappa shape index (κ3) is 3.26. The SMILES string of the molecule is CC.Cn1cc(-c2cnn3c(N)c(Br)c(C4CNCCO4)nc23)cn1. The molecule has 0 amide bonds. The summed E-state index contributed by atoms with van der Waals surface area (Å²) in [5.74, 6) is 0.509. The van der Waals surface area contributed by atoms with Crippen molar-refractivity contribution in [2.45, 2.75) is 20.0 Å². The standard InChI is InChI=1S/C14H16BrN7O.C2H6/c1-21-7-8(4-18-21)9-5-19-22-13(16)11(15)12(20-14(9)22)10-6-17-2-3-23-10;1-2/h4-5,7,10,17H,2-3,6,16H2,1H3;1-2H3. The van der Waals surface area contributed by atoms with Gasteiger partial charge in [0.05, 0.1) is 29.2 Å². The van der Waals surface area contributed by atoms with E-state index in [1.54, 1.807) is 21.6 Å². The molecule has 3 aromatic heterocycles. The Morgan fingerprint density at radius 2 is 2.12 bits per heavy atom. The summed E-state index contributed by atoms with van der Waals surface area (Å²) in [5.41, 5.74) is 9.56. The number of morpholine rings is 1. The fourth-order valence-electron chi connectivity index (χ4n) is 2.73. The Labute approximate surface area is 154 Å². The molecule has 8 nitrogen and oxygen atoms in total. The Kier molecular flexibility index (Phi) is 5.36. The Hall–Kier alpha value is -1.97. The number of aryl methyl sites for hydroxylation is 1. The van der Waals surface area contributed by atoms with Crippen LogP contribution in [0.3, 0.4) is 0 Å². The van der Waals surface area contributed by atoms with Crippen LogP contribution in [-0.2, 0) is 11.8 Å². The molecule has 0 spiro atoms. The van der Waals surface area contributed by atoms with E-state index in [0.717, 1.165) is 27.8 Å². The van der Waals surface area contributed by atoms with Gasteiger partial charge in [-0.15, -0.1) is 0 Å². The Balaban J connectivity index is 0.000000880. The molecular weight excluding hydrogens is 386 g/mol. The second-order valence-corrected chi connectivity index (χ2v) is 6.25. The maximum absolute atomic E-state index is 6.24. The van der Waals surface area contributed by atoms with Gasteiger partial charge in [0.25, 0.3) is 0 Å². The minimum absolute atomic E-state index is 0.137. The zero-order chi connectivity index (χ0) is 18.0. The van der Waals surface area contributed by atoms with Gasteiger partial charge in [-0.25, -0.2) is 4.98 Å². The van der Waals surface area contributed by atoms with E-state index >= 15 is 0 Å². The Morgan fingerprint density at radius 1 is 1.32 bits per heavy atom. The quantitative estimate of drug-likeness (QED) is 0.675. The van der Waals surface area contributed by atoms with E-state index in [2.05, 4.69) is 31.4 Å². The average Bonchev–Trinajstić information content (AvgIpc) is 3.26. The lowest BCUT2D eigenvalue weighted by Crippen LogP contribution is -2.34. The van der Waals surface area contributed by atoms with Crippen molar-refractivity contribution in [3.05, 3.63) is 28.8 Å². The number of fused-ring (bicyclic) bond motifs is 1. The van der Waals surface area contributed by atoms with Crippen molar-refractivity contribution < 1.29 is 4.74 Å². The number of nitrogens with one attached hydrogen (secondary N) is 1. The van der Waals surface area contributed by atoms with Gasteiger partial charge in [0, 0.05) is 37.5 Å². The summed E-state index contributed by atoms with van der Waals surface area (Å²) in [4.78, 5) is 4.78. The molecule has 0 aliphatic carbocycles. The summed E-state index contributed by atoms with van der Waals surface area (Å²) in [6, 6.07) is 0. The topological polar surface area (TPSA) is 95.3 Å². The highest BCUT2D eigenvalue weighted by Crippen LogP contribution is 2.33. The minimum atomic E-state index is -0.137. The summed E-state index contributed by atoms with van der Waals surface area (Å²) >= 11 is 3.53. The van der Waals surface area contributed by atoms with Crippen molar-refractivity contribution in [3.63, 3.8) is 0 Å². The summed E-state index contributed by atoms with van der Waals surface area (Å²) in [5, 5.41) is 11.9. The molecule has 1 atom stereocenters. The van der Waals surface area contributed by atoms with Gasteiger partial charge in [-0.3, -0.25) is 4.68 Å². The maximum Gasteiger partial charge on any atom is 0.165 e. The number of nitrogens with two attached hydrogens (primary N) is 1. The molecule has 3 aromatic rings. The zero-order valence-corrected chi connectivity index (χ0v) is 16.1. The summed E-state index contributed by atoms with van der Waals surface area (Å²) in [6.45, 7) is 6.20. The van der Waals surface area contributed by atoms with Crippen molar-refractivity contribution in [1.82, 2.24) is 29.7 Å². The van der Waals surface area contributed by atoms with E-state index < -0.39 is 0 Å². The molecule has 25 heavy (non-hydrogen) atoms. The van der Waals surface area contributed by atoms with Crippen LogP contribution in [-0.4, -0.2) is 44.1 Å². The molecule has 1 aliphatic heterocycles. The smallest absolute Gasteiger partial charge is 0.165 e. The lowest BCUT2D eigenvalue weighted by Gasteiger charge is -2.24. The molecule has 3 N–H and O–H groups in total. The first-order valence-corrected chi connectivity index (χ1v) is 9.08. The number of hydrogen-bond acceptors (Lipinski definition) is 6. The van der Waals surface area contributed by atoms with Gasteiger partial charge in [0.1, 0.15) is 11.9 Å². The predicted molar refractivity (Wildman–Crippen MR) is 100 cm³/mol. The van der Waals surface area contributed by atoms with Crippen LogP contribution in [0, 0.1) is 0 Å². The summed E-state index contributed by atoms with van der Waals surface area (Å²) in [6.07, 6.45) is 5.33. The highest BCUT2D eigenvalue weighted by atomic mass is 79.9. The molecule has 1 fully saturated rings. The molecule has 4 heterocycles. The van der Waals surface area contributed by atoms with Crippen LogP contribution >= 0.6 is 15.9 Å². The van der Waals surface area contributed by atoms with Gasteiger partial charge in [-0.05, 0) is 15.9 Å². The number of anilines is 1. The molecule has 0 saturated carbocycles. The van der Waals surface area contributed by atoms with Crippen molar-refractivity contribution >= 4 is 27.4 Å². The molecule has 1 unspecified atom stereocenters. The summed E-state index contributed by atoms with van der Waals surface area (Å²) in [7, 11) is 1.88. The molecule has 4 rings (SSSR count). The third-order valence-corrected chi connectivity index (χ3v) is 4.71. The van der Waals surface area contributed by atoms with E-state index in [-0.39, 0.29) is 6.10 Å². The van der Waals surface area contributed by atoms with Crippen molar-refractivity contribution in [1.29, 1.82) is 0 Å². The predicted octanol–water partition coefficient (Wildman–Crippen LogP) is 2.16. The third-order valence-electron chi connectivity index (χ3n) is 3.90. The Morgan fingerprint density at radius 3 is 2.76 bits per heavy atom. The normalized spacial score (nSPS) is 17.4. The van der Waals surface area contributed by atoms with E-state index in [9.17, 15) is 0 Å². The lowest BCUT2D eigenvalue weighted by atomic mass is 10.2. The first-order valence-electron chi connectivity index (χ1n) is 8.29. The van der Waals surface area contributed by atoms with Gasteiger partial charge in [-0.2, -0.15) is 14.7 Å². The van der Waals surface area contributed by atoms with Crippen LogP contribution in [0.4, 0.5) is 5.82 Å². The first kappa shape index (κ1) is 17.8. The van der Waals surface area contributed by atoms with Gasteiger partial charge >= 0.3 is 0 Å². The molecule has 1 saturated heterocycles. The number of nitrogens with zero attached hydrogens (tertiary/aromatic N) is 5. The molecule has 1 aliphatic rings. The van der Waals surface area contributed by atoms with Crippen molar-refractivity contribution in [3.8, 4) is 11.1 Å². The number of nitrogen functional groups attached to an aromatic ring is 1. The number of aromatic nitrogens is 5. The van der Waals surface area contributed by atoms with Crippen LogP contribution in [0.5, 0.6) is 0 Å². The summed E-state index contributed by atoms with van der Waals surface area (Å²) < 4.78 is 9.92. The van der Waals surface area contributed by atoms with Crippen LogP contribution in [0.1, 0.15) is 25.6 Å². The largest absolute Gasteiger partial charge is 0.383 e. The second kappa shape index (κ2) is 7.51. The van der Waals surface area contributed by atoms with Gasteiger partial charge in [0.2, 0.25) is 0 Å². The zero-order valence-electron chi connectivity index (χ0n) is 14.5. The van der Waals surface area contributed by atoms with Crippen LogP contribution in [0.15, 0.2) is 23.1 Å². The maximum atomic E-state index is 6.24. The van der Waals surface area contributed by atoms with Crippen molar-refractivity contribution in [2.24, 2.45) is 7.05 Å². The molecule has 0 bridgehead atoms. The van der Waals surface area contributed by atoms with Crippen LogP contribution in [0.2, 0.25) is 0 Å². The second-order valence-electron chi connectivity index (χ2n) is 5.46. The number of rotatable bonds is 2. The highest BCUT2D eigenvalue weighted by Gasteiger charge is 2.24. The van der Waals surface area contributed by atoms with Gasteiger partial charge in [0.15, 0.2) is 5.65 Å². The fourth-order valence-corrected chi connectivity index (χ4v) is 3.24. The first-order chi connectivity index (χ1) is 12.1. The monoisotopic (exact) mass is 407 g/mol.